The van der Waals surface area contributed by atoms with E-state index in [-0.39, 0.29) is 24.5 Å². The zero-order valence-corrected chi connectivity index (χ0v) is 14.5. The van der Waals surface area contributed by atoms with Crippen LogP contribution in [-0.4, -0.2) is 17.6 Å². The Morgan fingerprint density at radius 3 is 2.38 bits per heavy atom. The number of ketones is 1. The standard InChI is InChI=1S/C18H20N2O3S/c1-3-13-10-14(17(19)23)18(24-13)20-16(22)9-8-15(21)12-6-4-11(2)5-7-12/h4-7,10H,3,8-9H2,1-2H3,(H2,19,23)(H,20,22). The van der Waals surface area contributed by atoms with Crippen molar-refractivity contribution in [1.29, 1.82) is 0 Å². The normalized spacial score (nSPS) is 10.4. The molecule has 0 spiro atoms. The molecule has 0 atom stereocenters. The summed E-state index contributed by atoms with van der Waals surface area (Å²) in [5.74, 6) is -0.958. The Hall–Kier alpha value is -2.47. The van der Waals surface area contributed by atoms with Crippen molar-refractivity contribution in [2.75, 3.05) is 5.32 Å². The zero-order valence-electron chi connectivity index (χ0n) is 13.7. The number of carbonyl (C=O) groups excluding carboxylic acids is 3. The van der Waals surface area contributed by atoms with E-state index in [1.54, 1.807) is 18.2 Å². The number of rotatable bonds is 7. The molecule has 3 N–H and O–H groups in total. The van der Waals surface area contributed by atoms with Gasteiger partial charge in [0.1, 0.15) is 5.00 Å². The molecular formula is C18H20N2O3S. The van der Waals surface area contributed by atoms with Crippen molar-refractivity contribution in [2.24, 2.45) is 5.73 Å². The Bertz CT molecular complexity index is 763. The molecule has 0 bridgehead atoms. The van der Waals surface area contributed by atoms with E-state index in [0.717, 1.165) is 16.9 Å². The molecule has 1 aromatic carbocycles. The number of anilines is 1. The van der Waals surface area contributed by atoms with Crippen LogP contribution in [0.15, 0.2) is 30.3 Å². The third-order valence-electron chi connectivity index (χ3n) is 3.60. The molecule has 0 saturated heterocycles. The maximum absolute atomic E-state index is 12.1. The summed E-state index contributed by atoms with van der Waals surface area (Å²) in [4.78, 5) is 36.6. The van der Waals surface area contributed by atoms with E-state index in [2.05, 4.69) is 5.32 Å². The van der Waals surface area contributed by atoms with Crippen molar-refractivity contribution in [1.82, 2.24) is 0 Å². The van der Waals surface area contributed by atoms with Crippen LogP contribution in [-0.2, 0) is 11.2 Å². The first-order valence-electron chi connectivity index (χ1n) is 7.73. The van der Waals surface area contributed by atoms with E-state index < -0.39 is 5.91 Å². The van der Waals surface area contributed by atoms with Crippen LogP contribution in [0, 0.1) is 6.92 Å². The topological polar surface area (TPSA) is 89.3 Å². The van der Waals surface area contributed by atoms with Crippen molar-refractivity contribution in [3.8, 4) is 0 Å². The Morgan fingerprint density at radius 1 is 1.12 bits per heavy atom. The molecule has 0 radical (unpaired) electrons. The average Bonchev–Trinajstić information content (AvgIpc) is 2.96. The number of thiophene rings is 1. The van der Waals surface area contributed by atoms with E-state index in [9.17, 15) is 14.4 Å². The summed E-state index contributed by atoms with van der Waals surface area (Å²) < 4.78 is 0. The Kier molecular flexibility index (Phi) is 5.87. The first kappa shape index (κ1) is 17.9. The number of hydrogen-bond acceptors (Lipinski definition) is 4. The lowest BCUT2D eigenvalue weighted by atomic mass is 10.1. The SMILES string of the molecule is CCc1cc(C(N)=O)c(NC(=O)CCC(=O)c2ccc(C)cc2)s1. The number of amides is 2. The zero-order chi connectivity index (χ0) is 17.7. The average molecular weight is 344 g/mol. The molecule has 24 heavy (non-hydrogen) atoms. The fourth-order valence-electron chi connectivity index (χ4n) is 2.19. The number of Topliss-reactive ketones (excluding diaryl/α,β-unsaturated/α-hetero) is 1. The van der Waals surface area contributed by atoms with Gasteiger partial charge in [-0.3, -0.25) is 14.4 Å². The van der Waals surface area contributed by atoms with Crippen LogP contribution in [0.2, 0.25) is 0 Å². The van der Waals surface area contributed by atoms with Crippen molar-refractivity contribution in [2.45, 2.75) is 33.1 Å². The van der Waals surface area contributed by atoms with Crippen LogP contribution in [0.4, 0.5) is 5.00 Å². The molecule has 0 aliphatic rings. The van der Waals surface area contributed by atoms with Crippen LogP contribution in [0.25, 0.3) is 0 Å². The van der Waals surface area contributed by atoms with Gasteiger partial charge in [-0.05, 0) is 19.4 Å². The van der Waals surface area contributed by atoms with Gasteiger partial charge in [0.15, 0.2) is 5.78 Å². The molecule has 6 heteroatoms. The fraction of sp³-hybridized carbons (Fsp3) is 0.278. The van der Waals surface area contributed by atoms with E-state index >= 15 is 0 Å². The lowest BCUT2D eigenvalue weighted by Crippen LogP contribution is -2.17. The van der Waals surface area contributed by atoms with Crippen molar-refractivity contribution in [3.63, 3.8) is 0 Å². The number of carbonyl (C=O) groups is 3. The van der Waals surface area contributed by atoms with Gasteiger partial charge in [-0.2, -0.15) is 0 Å². The van der Waals surface area contributed by atoms with Gasteiger partial charge in [0.2, 0.25) is 5.91 Å². The molecule has 2 rings (SSSR count). The molecule has 126 valence electrons. The van der Waals surface area contributed by atoms with Gasteiger partial charge in [-0.15, -0.1) is 11.3 Å². The second kappa shape index (κ2) is 7.88. The van der Waals surface area contributed by atoms with Crippen LogP contribution < -0.4 is 11.1 Å². The number of hydrogen-bond donors (Lipinski definition) is 2. The molecule has 0 aliphatic carbocycles. The minimum atomic E-state index is -0.572. The largest absolute Gasteiger partial charge is 0.366 e. The molecule has 2 amide bonds. The minimum Gasteiger partial charge on any atom is -0.366 e. The summed E-state index contributed by atoms with van der Waals surface area (Å²) in [6.07, 6.45) is 0.934. The number of aryl methyl sites for hydroxylation is 2. The highest BCUT2D eigenvalue weighted by Gasteiger charge is 2.16. The molecule has 5 nitrogen and oxygen atoms in total. The maximum Gasteiger partial charge on any atom is 0.251 e. The lowest BCUT2D eigenvalue weighted by Gasteiger charge is -2.05. The third kappa shape index (κ3) is 4.52. The molecule has 0 saturated carbocycles. The minimum absolute atomic E-state index is 0.0598. The lowest BCUT2D eigenvalue weighted by molar-refractivity contribution is -0.116. The highest BCUT2D eigenvalue weighted by Crippen LogP contribution is 2.28. The van der Waals surface area contributed by atoms with Crippen LogP contribution in [0.3, 0.4) is 0 Å². The molecule has 1 aromatic heterocycles. The fourth-order valence-corrected chi connectivity index (χ4v) is 3.21. The van der Waals surface area contributed by atoms with E-state index in [1.165, 1.54) is 11.3 Å². The van der Waals surface area contributed by atoms with Gasteiger partial charge in [0, 0.05) is 23.3 Å². The van der Waals surface area contributed by atoms with Crippen LogP contribution in [0.5, 0.6) is 0 Å². The highest BCUT2D eigenvalue weighted by atomic mass is 32.1. The summed E-state index contributed by atoms with van der Waals surface area (Å²) in [5, 5.41) is 3.14. The summed E-state index contributed by atoms with van der Waals surface area (Å²) in [5.41, 5.74) is 7.32. The number of nitrogens with two attached hydrogens (primary N) is 1. The molecule has 0 aliphatic heterocycles. The summed E-state index contributed by atoms with van der Waals surface area (Å²) in [6.45, 7) is 3.91. The predicted molar refractivity (Wildman–Crippen MR) is 95.6 cm³/mol. The van der Waals surface area contributed by atoms with Crippen molar-refractivity contribution < 1.29 is 14.4 Å². The number of nitrogens with one attached hydrogen (secondary N) is 1. The number of primary amides is 1. The van der Waals surface area contributed by atoms with E-state index in [0.29, 0.717) is 16.1 Å². The van der Waals surface area contributed by atoms with E-state index in [4.69, 9.17) is 5.73 Å². The first-order valence-corrected chi connectivity index (χ1v) is 8.54. The Balaban J connectivity index is 1.96. The quantitative estimate of drug-likeness (QED) is 0.755. The van der Waals surface area contributed by atoms with Gasteiger partial charge in [-0.25, -0.2) is 0 Å². The van der Waals surface area contributed by atoms with Gasteiger partial charge >= 0.3 is 0 Å². The Labute approximate surface area is 144 Å². The molecule has 1 heterocycles. The molecular weight excluding hydrogens is 324 g/mol. The van der Waals surface area contributed by atoms with Crippen molar-refractivity contribution >= 4 is 33.9 Å². The smallest absolute Gasteiger partial charge is 0.251 e. The van der Waals surface area contributed by atoms with Crippen molar-refractivity contribution in [3.05, 3.63) is 51.9 Å². The van der Waals surface area contributed by atoms with Gasteiger partial charge in [0.05, 0.1) is 5.56 Å². The second-order valence-corrected chi connectivity index (χ2v) is 6.65. The monoisotopic (exact) mass is 344 g/mol. The van der Waals surface area contributed by atoms with Gasteiger partial charge in [-0.1, -0.05) is 36.8 Å². The predicted octanol–water partition coefficient (Wildman–Crippen LogP) is 3.32. The van der Waals surface area contributed by atoms with Crippen LogP contribution in [0.1, 0.15) is 50.9 Å². The van der Waals surface area contributed by atoms with Gasteiger partial charge < -0.3 is 11.1 Å². The first-order chi connectivity index (χ1) is 11.4. The second-order valence-electron chi connectivity index (χ2n) is 5.51. The molecule has 2 aromatic rings. The van der Waals surface area contributed by atoms with Gasteiger partial charge in [0.25, 0.3) is 5.91 Å². The Morgan fingerprint density at radius 2 is 1.79 bits per heavy atom. The third-order valence-corrected chi connectivity index (χ3v) is 4.80. The number of benzene rings is 1. The van der Waals surface area contributed by atoms with E-state index in [1.807, 2.05) is 26.0 Å². The summed E-state index contributed by atoms with van der Waals surface area (Å²) in [6, 6.07) is 8.94. The summed E-state index contributed by atoms with van der Waals surface area (Å²) >= 11 is 1.33. The van der Waals surface area contributed by atoms with Crippen LogP contribution >= 0.6 is 11.3 Å². The molecule has 0 unspecified atom stereocenters. The molecule has 0 fully saturated rings. The highest BCUT2D eigenvalue weighted by molar-refractivity contribution is 7.16. The maximum atomic E-state index is 12.1. The summed E-state index contributed by atoms with van der Waals surface area (Å²) in [7, 11) is 0.